The van der Waals surface area contributed by atoms with Crippen LogP contribution in [0.4, 0.5) is 0 Å². The number of carboxylic acids is 1. The fourth-order valence-corrected chi connectivity index (χ4v) is 2.90. The molecule has 2 fully saturated rings. The van der Waals surface area contributed by atoms with Gasteiger partial charge in [-0.2, -0.15) is 0 Å². The number of hydrogen-bond acceptors (Lipinski definition) is 3. The molecule has 2 rings (SSSR count). The number of aliphatic carboxylic acids is 1. The first kappa shape index (κ1) is 15.8. The van der Waals surface area contributed by atoms with Gasteiger partial charge in [-0.15, -0.1) is 0 Å². The van der Waals surface area contributed by atoms with E-state index in [1.54, 1.807) is 4.90 Å². The van der Waals surface area contributed by atoms with Crippen molar-refractivity contribution in [3.8, 4) is 0 Å². The normalized spacial score (nSPS) is 28.0. The Morgan fingerprint density at radius 2 is 2.05 bits per heavy atom. The lowest BCUT2D eigenvalue weighted by molar-refractivity contribution is -0.143. The van der Waals surface area contributed by atoms with E-state index in [9.17, 15) is 14.4 Å². The summed E-state index contributed by atoms with van der Waals surface area (Å²) in [6.07, 6.45) is 4.05. The van der Waals surface area contributed by atoms with Gasteiger partial charge in [-0.3, -0.25) is 14.4 Å². The molecule has 118 valence electrons. The van der Waals surface area contributed by atoms with Crippen molar-refractivity contribution in [3.63, 3.8) is 0 Å². The van der Waals surface area contributed by atoms with Crippen LogP contribution in [0.3, 0.4) is 0 Å². The molecule has 1 aliphatic heterocycles. The molecule has 2 N–H and O–H groups in total. The van der Waals surface area contributed by atoms with Crippen molar-refractivity contribution in [3.05, 3.63) is 0 Å². The molecule has 3 unspecified atom stereocenters. The van der Waals surface area contributed by atoms with Crippen molar-refractivity contribution in [1.82, 2.24) is 10.2 Å². The van der Waals surface area contributed by atoms with Crippen molar-refractivity contribution >= 4 is 17.8 Å². The second kappa shape index (κ2) is 6.91. The Bertz CT molecular complexity index is 424. The molecule has 2 amide bonds. The zero-order chi connectivity index (χ0) is 15.4. The summed E-state index contributed by atoms with van der Waals surface area (Å²) < 4.78 is 0. The van der Waals surface area contributed by atoms with E-state index in [-0.39, 0.29) is 23.7 Å². The number of carboxylic acid groups (broad SMARTS) is 1. The van der Waals surface area contributed by atoms with E-state index in [0.717, 1.165) is 25.7 Å². The molecule has 0 bridgehead atoms. The van der Waals surface area contributed by atoms with E-state index in [2.05, 4.69) is 12.2 Å². The highest BCUT2D eigenvalue weighted by molar-refractivity contribution is 5.90. The summed E-state index contributed by atoms with van der Waals surface area (Å²) in [4.78, 5) is 36.8. The number of nitrogens with zero attached hydrogens (tertiary/aromatic N) is 1. The number of carbonyl (C=O) groups is 3. The van der Waals surface area contributed by atoms with Gasteiger partial charge in [0.05, 0.1) is 17.8 Å². The first-order chi connectivity index (χ1) is 10.0. The molecule has 0 radical (unpaired) electrons. The van der Waals surface area contributed by atoms with Crippen LogP contribution in [0.15, 0.2) is 0 Å². The van der Waals surface area contributed by atoms with Crippen LogP contribution < -0.4 is 5.32 Å². The Labute approximate surface area is 124 Å². The standard InChI is InChI=1S/C15H24N2O4/c1-2-3-6-16-13(18)10-5-4-7-17(9-10)14(19)11-8-12(11)15(20)21/h10-12H,2-9H2,1H3,(H,16,18)(H,20,21). The van der Waals surface area contributed by atoms with Gasteiger partial charge in [0.2, 0.25) is 11.8 Å². The maximum atomic E-state index is 12.2. The van der Waals surface area contributed by atoms with Gasteiger partial charge >= 0.3 is 5.97 Å². The van der Waals surface area contributed by atoms with Crippen molar-refractivity contribution in [2.45, 2.75) is 39.0 Å². The second-order valence-electron chi connectivity index (χ2n) is 6.05. The fraction of sp³-hybridized carbons (Fsp3) is 0.800. The molecule has 1 saturated heterocycles. The Morgan fingerprint density at radius 3 is 2.67 bits per heavy atom. The third kappa shape index (κ3) is 3.95. The zero-order valence-electron chi connectivity index (χ0n) is 12.5. The minimum atomic E-state index is -0.890. The molecule has 6 nitrogen and oxygen atoms in total. The molecule has 1 aliphatic carbocycles. The fourth-order valence-electron chi connectivity index (χ4n) is 2.90. The van der Waals surface area contributed by atoms with E-state index in [0.29, 0.717) is 26.1 Å². The van der Waals surface area contributed by atoms with Crippen LogP contribution in [0, 0.1) is 17.8 Å². The number of unbranched alkanes of at least 4 members (excludes halogenated alkanes) is 1. The summed E-state index contributed by atoms with van der Waals surface area (Å²) in [7, 11) is 0. The van der Waals surface area contributed by atoms with Gasteiger partial charge in [0, 0.05) is 19.6 Å². The minimum absolute atomic E-state index is 0.0199. The number of hydrogen-bond donors (Lipinski definition) is 2. The highest BCUT2D eigenvalue weighted by atomic mass is 16.4. The summed E-state index contributed by atoms with van der Waals surface area (Å²) in [5.74, 6) is -2.00. The van der Waals surface area contributed by atoms with E-state index in [1.807, 2.05) is 0 Å². The van der Waals surface area contributed by atoms with Crippen LogP contribution in [0.5, 0.6) is 0 Å². The molecular weight excluding hydrogens is 272 g/mol. The topological polar surface area (TPSA) is 86.7 Å². The molecule has 1 saturated carbocycles. The molecule has 3 atom stereocenters. The predicted octanol–water partition coefficient (Wildman–Crippen LogP) is 0.862. The van der Waals surface area contributed by atoms with Crippen LogP contribution in [-0.4, -0.2) is 47.4 Å². The summed E-state index contributed by atoms with van der Waals surface area (Å²) in [6, 6.07) is 0. The largest absolute Gasteiger partial charge is 0.481 e. The van der Waals surface area contributed by atoms with Crippen molar-refractivity contribution in [2.24, 2.45) is 17.8 Å². The monoisotopic (exact) mass is 296 g/mol. The average molecular weight is 296 g/mol. The number of likely N-dealkylation sites (tertiary alicyclic amines) is 1. The molecular formula is C15H24N2O4. The molecule has 0 aromatic heterocycles. The lowest BCUT2D eigenvalue weighted by Crippen LogP contribution is -2.46. The van der Waals surface area contributed by atoms with Gasteiger partial charge < -0.3 is 15.3 Å². The van der Waals surface area contributed by atoms with Gasteiger partial charge in [0.25, 0.3) is 0 Å². The number of rotatable bonds is 6. The second-order valence-corrected chi connectivity index (χ2v) is 6.05. The molecule has 0 aromatic rings. The van der Waals surface area contributed by atoms with Crippen molar-refractivity contribution in [1.29, 1.82) is 0 Å². The Hall–Kier alpha value is -1.59. The van der Waals surface area contributed by atoms with Crippen molar-refractivity contribution in [2.75, 3.05) is 19.6 Å². The third-order valence-corrected chi connectivity index (χ3v) is 4.36. The summed E-state index contributed by atoms with van der Waals surface area (Å²) in [5.41, 5.74) is 0. The van der Waals surface area contributed by atoms with Crippen LogP contribution in [-0.2, 0) is 14.4 Å². The highest BCUT2D eigenvalue weighted by Gasteiger charge is 2.50. The van der Waals surface area contributed by atoms with Gasteiger partial charge in [-0.1, -0.05) is 13.3 Å². The summed E-state index contributed by atoms with van der Waals surface area (Å²) in [6.45, 7) is 3.82. The zero-order valence-corrected chi connectivity index (χ0v) is 12.5. The van der Waals surface area contributed by atoms with E-state index >= 15 is 0 Å². The molecule has 0 spiro atoms. The van der Waals surface area contributed by atoms with Gasteiger partial charge in [-0.05, 0) is 25.7 Å². The summed E-state index contributed by atoms with van der Waals surface area (Å²) in [5, 5.41) is 11.8. The SMILES string of the molecule is CCCCNC(=O)C1CCCN(C(=O)C2CC2C(=O)O)C1. The van der Waals surface area contributed by atoms with E-state index < -0.39 is 11.9 Å². The molecule has 0 aromatic carbocycles. The number of amides is 2. The maximum Gasteiger partial charge on any atom is 0.307 e. The third-order valence-electron chi connectivity index (χ3n) is 4.36. The molecule has 6 heteroatoms. The first-order valence-corrected chi connectivity index (χ1v) is 7.84. The van der Waals surface area contributed by atoms with Gasteiger partial charge in [-0.25, -0.2) is 0 Å². The number of piperidine rings is 1. The van der Waals surface area contributed by atoms with Gasteiger partial charge in [0.15, 0.2) is 0 Å². The average Bonchev–Trinajstić information content (AvgIpc) is 3.27. The van der Waals surface area contributed by atoms with Crippen molar-refractivity contribution < 1.29 is 19.5 Å². The Morgan fingerprint density at radius 1 is 1.29 bits per heavy atom. The lowest BCUT2D eigenvalue weighted by Gasteiger charge is -2.32. The lowest BCUT2D eigenvalue weighted by atomic mass is 9.96. The van der Waals surface area contributed by atoms with Crippen LogP contribution in [0.1, 0.15) is 39.0 Å². The first-order valence-electron chi connectivity index (χ1n) is 7.84. The Balaban J connectivity index is 1.82. The van der Waals surface area contributed by atoms with E-state index in [1.165, 1.54) is 0 Å². The minimum Gasteiger partial charge on any atom is -0.481 e. The smallest absolute Gasteiger partial charge is 0.307 e. The highest BCUT2D eigenvalue weighted by Crippen LogP contribution is 2.40. The molecule has 1 heterocycles. The summed E-state index contributed by atoms with van der Waals surface area (Å²) >= 11 is 0. The Kier molecular flexibility index (Phi) is 5.20. The quantitative estimate of drug-likeness (QED) is 0.712. The van der Waals surface area contributed by atoms with Crippen LogP contribution in [0.2, 0.25) is 0 Å². The van der Waals surface area contributed by atoms with Crippen LogP contribution >= 0.6 is 0 Å². The predicted molar refractivity (Wildman–Crippen MR) is 76.5 cm³/mol. The number of nitrogens with one attached hydrogen (secondary N) is 1. The molecule has 2 aliphatic rings. The molecule has 21 heavy (non-hydrogen) atoms. The maximum absolute atomic E-state index is 12.2. The van der Waals surface area contributed by atoms with Gasteiger partial charge in [0.1, 0.15) is 0 Å². The van der Waals surface area contributed by atoms with E-state index in [4.69, 9.17) is 5.11 Å². The number of carbonyl (C=O) groups excluding carboxylic acids is 2. The van der Waals surface area contributed by atoms with Crippen LogP contribution in [0.25, 0.3) is 0 Å².